The van der Waals surface area contributed by atoms with Crippen LogP contribution >= 0.6 is 0 Å². The van der Waals surface area contributed by atoms with Gasteiger partial charge >= 0.3 is 0 Å². The fraction of sp³-hybridized carbons (Fsp3) is 0.200. The Morgan fingerprint density at radius 2 is 1.37 bits per heavy atom. The lowest BCUT2D eigenvalue weighted by Crippen LogP contribution is -2.14. The van der Waals surface area contributed by atoms with Gasteiger partial charge in [0.1, 0.15) is 7.28 Å². The lowest BCUT2D eigenvalue weighted by molar-refractivity contribution is 0.101. The maximum absolute atomic E-state index is 12.5. The topological polar surface area (TPSA) is 58.2 Å². The molecule has 0 saturated heterocycles. The molecule has 0 aliphatic heterocycles. The van der Waals surface area contributed by atoms with E-state index in [0.29, 0.717) is 16.8 Å². The normalized spacial score (nSPS) is 10.4. The Hall–Kier alpha value is -3.34. The van der Waals surface area contributed by atoms with E-state index < -0.39 is 0 Å². The average Bonchev–Trinajstić information content (AvgIpc) is 2.76. The number of anilines is 2. The molecule has 151 valence electrons. The second-order valence-electron chi connectivity index (χ2n) is 7.30. The molecule has 0 aliphatic rings. The van der Waals surface area contributed by atoms with E-state index in [4.69, 9.17) is 0 Å². The smallest absolute Gasteiger partial charge is 0.255 e. The molecule has 1 radical (unpaired) electrons. The summed E-state index contributed by atoms with van der Waals surface area (Å²) in [5.74, 6) is -0.309. The van der Waals surface area contributed by atoms with E-state index >= 15 is 0 Å². The molecule has 5 heteroatoms. The van der Waals surface area contributed by atoms with Crippen molar-refractivity contribution in [2.45, 2.75) is 33.4 Å². The summed E-state index contributed by atoms with van der Waals surface area (Å²) in [6, 6.07) is 20.7. The van der Waals surface area contributed by atoms with Gasteiger partial charge in [0.25, 0.3) is 11.8 Å². The van der Waals surface area contributed by atoms with Crippen LogP contribution in [0, 0.1) is 6.92 Å². The number of amides is 2. The number of carbonyl (C=O) groups excluding carboxylic acids is 2. The zero-order valence-corrected chi connectivity index (χ0v) is 17.7. The Labute approximate surface area is 179 Å². The molecule has 4 nitrogen and oxygen atoms in total. The number of hydrogen-bond acceptors (Lipinski definition) is 2. The van der Waals surface area contributed by atoms with Crippen molar-refractivity contribution >= 4 is 30.5 Å². The van der Waals surface area contributed by atoms with E-state index in [9.17, 15) is 9.59 Å². The van der Waals surface area contributed by atoms with Crippen LogP contribution in [0.15, 0.2) is 66.7 Å². The van der Waals surface area contributed by atoms with Crippen LogP contribution in [-0.4, -0.2) is 19.1 Å². The minimum absolute atomic E-state index is 0.154. The summed E-state index contributed by atoms with van der Waals surface area (Å²) in [6.45, 7) is 6.00. The van der Waals surface area contributed by atoms with Gasteiger partial charge in [-0.05, 0) is 66.9 Å². The van der Waals surface area contributed by atoms with Crippen LogP contribution in [0.5, 0.6) is 0 Å². The zero-order valence-electron chi connectivity index (χ0n) is 17.7. The van der Waals surface area contributed by atoms with Crippen LogP contribution in [-0.2, 0) is 12.7 Å². The largest absolute Gasteiger partial charge is 0.322 e. The van der Waals surface area contributed by atoms with E-state index in [1.807, 2.05) is 74.4 Å². The fourth-order valence-electron chi connectivity index (χ4n) is 3.20. The maximum atomic E-state index is 12.5. The van der Waals surface area contributed by atoms with Crippen LogP contribution in [0.3, 0.4) is 0 Å². The van der Waals surface area contributed by atoms with Crippen molar-refractivity contribution in [2.75, 3.05) is 10.6 Å². The molecule has 0 heterocycles. The first-order chi connectivity index (χ1) is 14.5. The summed E-state index contributed by atoms with van der Waals surface area (Å²) in [7, 11) is 2.08. The summed E-state index contributed by atoms with van der Waals surface area (Å²) in [6.07, 6.45) is 1.83. The molecule has 0 atom stereocenters. The Bertz CT molecular complexity index is 1030. The van der Waals surface area contributed by atoms with Crippen LogP contribution in [0.25, 0.3) is 0 Å². The van der Waals surface area contributed by atoms with Gasteiger partial charge in [0.05, 0.1) is 0 Å². The highest BCUT2D eigenvalue weighted by molar-refractivity contribution is 6.32. The maximum Gasteiger partial charge on any atom is 0.255 e. The van der Waals surface area contributed by atoms with Crippen molar-refractivity contribution in [1.82, 2.24) is 0 Å². The second-order valence-corrected chi connectivity index (χ2v) is 7.30. The minimum Gasteiger partial charge on any atom is -0.322 e. The molecule has 0 aliphatic carbocycles. The van der Waals surface area contributed by atoms with Crippen LogP contribution in [0.1, 0.15) is 44.3 Å². The first-order valence-electron chi connectivity index (χ1n) is 10.2. The van der Waals surface area contributed by atoms with Crippen molar-refractivity contribution in [3.05, 3.63) is 94.5 Å². The van der Waals surface area contributed by atoms with Gasteiger partial charge in [-0.2, -0.15) is 0 Å². The first kappa shape index (κ1) is 21.4. The van der Waals surface area contributed by atoms with Crippen molar-refractivity contribution in [2.24, 2.45) is 0 Å². The van der Waals surface area contributed by atoms with Crippen molar-refractivity contribution in [1.29, 1.82) is 0 Å². The molecule has 0 bridgehead atoms. The predicted octanol–water partition coefficient (Wildman–Crippen LogP) is 5.31. The number of rotatable bonds is 7. The molecule has 0 fully saturated rings. The molecular weight excluding hydrogens is 371 g/mol. The summed E-state index contributed by atoms with van der Waals surface area (Å²) in [5, 5.41) is 5.86. The van der Waals surface area contributed by atoms with Gasteiger partial charge in [0.2, 0.25) is 0 Å². The molecule has 30 heavy (non-hydrogen) atoms. The highest BCUT2D eigenvalue weighted by Crippen LogP contribution is 2.21. The van der Waals surface area contributed by atoms with Gasteiger partial charge in [-0.15, -0.1) is 0 Å². The van der Waals surface area contributed by atoms with Gasteiger partial charge in [-0.25, -0.2) is 0 Å². The third kappa shape index (κ3) is 5.38. The monoisotopic (exact) mass is 397 g/mol. The Balaban J connectivity index is 1.65. The van der Waals surface area contributed by atoms with Crippen molar-refractivity contribution in [3.8, 4) is 0 Å². The summed E-state index contributed by atoms with van der Waals surface area (Å²) in [4.78, 5) is 25.0. The number of benzene rings is 3. The second kappa shape index (κ2) is 9.92. The molecule has 3 rings (SSSR count). The number of hydrogen-bond donors (Lipinski definition) is 2. The third-order valence-corrected chi connectivity index (χ3v) is 5.01. The molecule has 0 unspecified atom stereocenters. The van der Waals surface area contributed by atoms with E-state index in [2.05, 4.69) is 24.8 Å². The SMILES string of the molecule is C[B]Cc1ccc(C(=O)Nc2ccc(NC(=O)c3ccc(CC)cc3)cc2C)cc1. The first-order valence-corrected chi connectivity index (χ1v) is 10.2. The van der Waals surface area contributed by atoms with E-state index in [1.165, 1.54) is 11.1 Å². The van der Waals surface area contributed by atoms with E-state index in [-0.39, 0.29) is 11.8 Å². The van der Waals surface area contributed by atoms with Gasteiger partial charge < -0.3 is 10.6 Å². The van der Waals surface area contributed by atoms with Crippen molar-refractivity contribution in [3.63, 3.8) is 0 Å². The minimum atomic E-state index is -0.155. The Morgan fingerprint density at radius 3 is 1.90 bits per heavy atom. The lowest BCUT2D eigenvalue weighted by atomic mass is 9.75. The van der Waals surface area contributed by atoms with Gasteiger partial charge in [0.15, 0.2) is 0 Å². The summed E-state index contributed by atoms with van der Waals surface area (Å²) >= 11 is 0. The zero-order chi connectivity index (χ0) is 21.5. The van der Waals surface area contributed by atoms with Gasteiger partial charge in [-0.3, -0.25) is 9.59 Å². The van der Waals surface area contributed by atoms with Crippen LogP contribution in [0.4, 0.5) is 11.4 Å². The molecule has 3 aromatic rings. The lowest BCUT2D eigenvalue weighted by Gasteiger charge is -2.12. The molecule has 0 saturated carbocycles. The van der Waals surface area contributed by atoms with Crippen molar-refractivity contribution < 1.29 is 9.59 Å². The molecule has 2 amide bonds. The van der Waals surface area contributed by atoms with Crippen LogP contribution in [0.2, 0.25) is 6.82 Å². The van der Waals surface area contributed by atoms with Gasteiger partial charge in [-0.1, -0.05) is 49.9 Å². The van der Waals surface area contributed by atoms with E-state index in [1.54, 1.807) is 6.07 Å². The quantitative estimate of drug-likeness (QED) is 0.531. The standard InChI is InChI=1S/C25H26BN2O2/c1-4-18-5-9-20(10-6-18)24(29)27-22-13-14-23(17(2)15-22)28-25(30)21-11-7-19(8-12-21)16-26-3/h5-15H,4,16H2,1-3H3,(H,27,29)(H,28,30). The number of carbonyl (C=O) groups is 2. The van der Waals surface area contributed by atoms with E-state index in [0.717, 1.165) is 24.0 Å². The average molecular weight is 397 g/mol. The van der Waals surface area contributed by atoms with Crippen LogP contribution < -0.4 is 10.6 Å². The molecule has 2 N–H and O–H groups in total. The Morgan fingerprint density at radius 1 is 0.800 bits per heavy atom. The molecule has 0 spiro atoms. The fourth-order valence-corrected chi connectivity index (χ4v) is 3.20. The molecular formula is C25H26BN2O2. The number of aryl methyl sites for hydroxylation is 2. The highest BCUT2D eigenvalue weighted by Gasteiger charge is 2.10. The predicted molar refractivity (Wildman–Crippen MR) is 125 cm³/mol. The third-order valence-electron chi connectivity index (χ3n) is 5.01. The molecule has 3 aromatic carbocycles. The molecule has 0 aromatic heterocycles. The van der Waals surface area contributed by atoms with Gasteiger partial charge in [0, 0.05) is 22.5 Å². The number of nitrogens with one attached hydrogen (secondary N) is 2. The summed E-state index contributed by atoms with van der Waals surface area (Å²) in [5.41, 5.74) is 5.88. The Kier molecular flexibility index (Phi) is 7.07. The summed E-state index contributed by atoms with van der Waals surface area (Å²) < 4.78 is 0. The highest BCUT2D eigenvalue weighted by atomic mass is 16.2.